The van der Waals surface area contributed by atoms with Crippen LogP contribution < -0.4 is 14.8 Å². The maximum atomic E-state index is 5.59. The van der Waals surface area contributed by atoms with Crippen LogP contribution in [0, 0.1) is 0 Å². The lowest BCUT2D eigenvalue weighted by atomic mass is 10.1. The lowest BCUT2D eigenvalue weighted by Crippen LogP contribution is -2.13. The first-order valence-corrected chi connectivity index (χ1v) is 9.53. The first-order valence-electron chi connectivity index (χ1n) is 9.53. The third kappa shape index (κ3) is 3.87. The maximum absolute atomic E-state index is 5.59. The summed E-state index contributed by atoms with van der Waals surface area (Å²) in [7, 11) is 3.32. The number of nitrogens with zero attached hydrogens (tertiary/aromatic N) is 3. The Morgan fingerprint density at radius 3 is 2.59 bits per heavy atom. The van der Waals surface area contributed by atoms with Crippen molar-refractivity contribution in [2.45, 2.75) is 19.5 Å². The van der Waals surface area contributed by atoms with E-state index in [1.807, 2.05) is 48.5 Å². The van der Waals surface area contributed by atoms with Gasteiger partial charge in [0.1, 0.15) is 11.5 Å². The Balaban J connectivity index is 1.72. The Bertz CT molecular complexity index is 1110. The number of rotatable bonds is 7. The zero-order valence-electron chi connectivity index (χ0n) is 16.8. The van der Waals surface area contributed by atoms with Gasteiger partial charge in [0, 0.05) is 17.8 Å². The maximum Gasteiger partial charge on any atom is 0.206 e. The Morgan fingerprint density at radius 2 is 1.83 bits per heavy atom. The minimum absolute atomic E-state index is 0.101. The van der Waals surface area contributed by atoms with Gasteiger partial charge >= 0.3 is 0 Å². The number of imidazole rings is 1. The summed E-state index contributed by atoms with van der Waals surface area (Å²) in [5.41, 5.74) is 3.91. The molecule has 1 atom stereocenters. The van der Waals surface area contributed by atoms with Crippen molar-refractivity contribution in [3.8, 4) is 11.5 Å². The van der Waals surface area contributed by atoms with Crippen LogP contribution in [0.25, 0.3) is 11.2 Å². The summed E-state index contributed by atoms with van der Waals surface area (Å²) >= 11 is 0. The molecule has 0 spiro atoms. The highest BCUT2D eigenvalue weighted by Crippen LogP contribution is 2.29. The van der Waals surface area contributed by atoms with Crippen LogP contribution in [0.15, 0.2) is 66.9 Å². The van der Waals surface area contributed by atoms with E-state index in [0.29, 0.717) is 12.2 Å². The minimum Gasteiger partial charge on any atom is -0.497 e. The minimum atomic E-state index is 0.101. The second-order valence-electron chi connectivity index (χ2n) is 6.82. The van der Waals surface area contributed by atoms with E-state index < -0.39 is 0 Å². The largest absolute Gasteiger partial charge is 0.497 e. The molecule has 1 N–H and O–H groups in total. The number of nitrogens with one attached hydrogen (secondary N) is 1. The molecule has 0 fully saturated rings. The molecule has 0 aliphatic heterocycles. The summed E-state index contributed by atoms with van der Waals surface area (Å²) < 4.78 is 13.0. The summed E-state index contributed by atoms with van der Waals surface area (Å²) in [6.07, 6.45) is 1.76. The number of hydrogen-bond acceptors (Lipinski definition) is 5. The van der Waals surface area contributed by atoms with Gasteiger partial charge in [-0.1, -0.05) is 30.3 Å². The summed E-state index contributed by atoms with van der Waals surface area (Å²) in [5, 5.41) is 3.54. The average molecular weight is 388 g/mol. The van der Waals surface area contributed by atoms with Gasteiger partial charge in [-0.25, -0.2) is 4.98 Å². The van der Waals surface area contributed by atoms with Crippen molar-refractivity contribution in [1.29, 1.82) is 0 Å². The molecule has 2 aromatic carbocycles. The standard InChI is InChI=1S/C23H24N4O2/c1-16(17-8-5-4-6-9-17)25-23-26-22-20(10-7-13-24-22)27(23)15-18-11-12-19(28-2)14-21(18)29-3/h4-14,16H,15H2,1-3H3,(H,24,25,26)/t16-/m0/s1. The Kier molecular flexibility index (Phi) is 5.33. The smallest absolute Gasteiger partial charge is 0.206 e. The van der Waals surface area contributed by atoms with E-state index in [1.54, 1.807) is 20.4 Å². The van der Waals surface area contributed by atoms with Crippen LogP contribution in [-0.2, 0) is 6.54 Å². The van der Waals surface area contributed by atoms with Crippen molar-refractivity contribution in [2.24, 2.45) is 0 Å². The van der Waals surface area contributed by atoms with Gasteiger partial charge in [0.2, 0.25) is 5.95 Å². The van der Waals surface area contributed by atoms with Crippen molar-refractivity contribution >= 4 is 17.1 Å². The summed E-state index contributed by atoms with van der Waals surface area (Å²) in [6.45, 7) is 2.72. The number of aromatic nitrogens is 3. The van der Waals surface area contributed by atoms with Crippen molar-refractivity contribution in [3.05, 3.63) is 78.0 Å². The lowest BCUT2D eigenvalue weighted by Gasteiger charge is -2.18. The molecule has 0 aliphatic rings. The zero-order chi connectivity index (χ0) is 20.2. The number of methoxy groups -OCH3 is 2. The molecule has 29 heavy (non-hydrogen) atoms. The molecule has 6 nitrogen and oxygen atoms in total. The highest BCUT2D eigenvalue weighted by Gasteiger charge is 2.16. The Morgan fingerprint density at radius 1 is 1.00 bits per heavy atom. The number of anilines is 1. The topological polar surface area (TPSA) is 61.2 Å². The third-order valence-electron chi connectivity index (χ3n) is 4.99. The highest BCUT2D eigenvalue weighted by atomic mass is 16.5. The fourth-order valence-electron chi connectivity index (χ4n) is 3.40. The first-order chi connectivity index (χ1) is 14.2. The van der Waals surface area contributed by atoms with Crippen LogP contribution in [-0.4, -0.2) is 28.8 Å². The predicted molar refractivity (Wildman–Crippen MR) is 115 cm³/mol. The highest BCUT2D eigenvalue weighted by molar-refractivity contribution is 5.74. The number of pyridine rings is 1. The zero-order valence-corrected chi connectivity index (χ0v) is 16.8. The van der Waals surface area contributed by atoms with Crippen LogP contribution in [0.1, 0.15) is 24.1 Å². The molecule has 0 radical (unpaired) electrons. The van der Waals surface area contributed by atoms with E-state index in [1.165, 1.54) is 5.56 Å². The molecule has 0 saturated heterocycles. The molecule has 4 rings (SSSR count). The molecule has 6 heteroatoms. The molecule has 0 amide bonds. The molecule has 148 valence electrons. The molecule has 0 unspecified atom stereocenters. The molecule has 0 saturated carbocycles. The molecule has 2 aromatic heterocycles. The van der Waals surface area contributed by atoms with Crippen LogP contribution in [0.4, 0.5) is 5.95 Å². The monoisotopic (exact) mass is 388 g/mol. The van der Waals surface area contributed by atoms with Crippen LogP contribution in [0.3, 0.4) is 0 Å². The quantitative estimate of drug-likeness (QED) is 0.498. The second kappa shape index (κ2) is 8.22. The van der Waals surface area contributed by atoms with Crippen molar-refractivity contribution in [1.82, 2.24) is 14.5 Å². The summed E-state index contributed by atoms with van der Waals surface area (Å²) in [4.78, 5) is 9.17. The van der Waals surface area contributed by atoms with E-state index in [4.69, 9.17) is 14.5 Å². The number of ether oxygens (including phenoxy) is 2. The number of fused-ring (bicyclic) bond motifs is 1. The van der Waals surface area contributed by atoms with Crippen molar-refractivity contribution in [2.75, 3.05) is 19.5 Å². The Labute approximate surface area is 170 Å². The van der Waals surface area contributed by atoms with Gasteiger partial charge in [-0.05, 0) is 36.8 Å². The molecular weight excluding hydrogens is 364 g/mol. The van der Waals surface area contributed by atoms with E-state index >= 15 is 0 Å². The Hall–Kier alpha value is -3.54. The van der Waals surface area contributed by atoms with Gasteiger partial charge in [0.05, 0.1) is 32.3 Å². The number of benzene rings is 2. The van der Waals surface area contributed by atoms with E-state index in [9.17, 15) is 0 Å². The normalized spacial score (nSPS) is 12.0. The van der Waals surface area contributed by atoms with Crippen LogP contribution >= 0.6 is 0 Å². The van der Waals surface area contributed by atoms with E-state index in [2.05, 4.69) is 33.9 Å². The van der Waals surface area contributed by atoms with Gasteiger partial charge in [-0.3, -0.25) is 0 Å². The first kappa shape index (κ1) is 18.8. The third-order valence-corrected chi connectivity index (χ3v) is 4.99. The van der Waals surface area contributed by atoms with Crippen molar-refractivity contribution in [3.63, 3.8) is 0 Å². The second-order valence-corrected chi connectivity index (χ2v) is 6.82. The summed E-state index contributed by atoms with van der Waals surface area (Å²) in [6, 6.07) is 20.2. The molecule has 2 heterocycles. The molecule has 4 aromatic rings. The van der Waals surface area contributed by atoms with Crippen molar-refractivity contribution < 1.29 is 9.47 Å². The molecule has 0 aliphatic carbocycles. The molecular formula is C23H24N4O2. The van der Waals surface area contributed by atoms with E-state index in [0.717, 1.165) is 28.5 Å². The van der Waals surface area contributed by atoms with Gasteiger partial charge in [-0.15, -0.1) is 0 Å². The van der Waals surface area contributed by atoms with E-state index in [-0.39, 0.29) is 6.04 Å². The lowest BCUT2D eigenvalue weighted by molar-refractivity contribution is 0.390. The van der Waals surface area contributed by atoms with Gasteiger partial charge < -0.3 is 19.4 Å². The summed E-state index contributed by atoms with van der Waals surface area (Å²) in [5.74, 6) is 2.31. The SMILES string of the molecule is COc1ccc(Cn2c(N[C@@H](C)c3ccccc3)nc3ncccc32)c(OC)c1. The fourth-order valence-corrected chi connectivity index (χ4v) is 3.40. The van der Waals surface area contributed by atoms with Gasteiger partial charge in [0.25, 0.3) is 0 Å². The average Bonchev–Trinajstić information content (AvgIpc) is 3.11. The molecule has 0 bridgehead atoms. The number of hydrogen-bond donors (Lipinski definition) is 1. The van der Waals surface area contributed by atoms with Crippen LogP contribution in [0.2, 0.25) is 0 Å². The van der Waals surface area contributed by atoms with Crippen LogP contribution in [0.5, 0.6) is 11.5 Å². The fraction of sp³-hybridized carbons (Fsp3) is 0.217. The van der Waals surface area contributed by atoms with Gasteiger partial charge in [0.15, 0.2) is 5.65 Å². The predicted octanol–water partition coefficient (Wildman–Crippen LogP) is 4.67. The van der Waals surface area contributed by atoms with Gasteiger partial charge in [-0.2, -0.15) is 4.98 Å².